The monoisotopic (exact) mass is 506 g/mol. The average molecular weight is 507 g/mol. The molecule has 1 aromatic heterocycles. The highest BCUT2D eigenvalue weighted by Gasteiger charge is 2.41. The number of aromatic nitrogens is 2. The Morgan fingerprint density at radius 3 is 2.40 bits per heavy atom. The van der Waals surface area contributed by atoms with Gasteiger partial charge in [0, 0.05) is 42.9 Å². The minimum atomic E-state index is -4.48. The summed E-state index contributed by atoms with van der Waals surface area (Å²) < 4.78 is 51.5. The van der Waals surface area contributed by atoms with Gasteiger partial charge in [-0.05, 0) is 47.4 Å². The van der Waals surface area contributed by atoms with Crippen molar-refractivity contribution in [3.05, 3.63) is 34.1 Å². The first-order valence-electron chi connectivity index (χ1n) is 9.34. The van der Waals surface area contributed by atoms with Crippen LogP contribution in [0.2, 0.25) is 0 Å². The van der Waals surface area contributed by atoms with E-state index in [2.05, 4.69) is 31.7 Å². The van der Waals surface area contributed by atoms with Crippen molar-refractivity contribution in [1.82, 2.24) is 15.1 Å². The third kappa shape index (κ3) is 5.57. The molecular formula is C19H22BrF3N4O2S. The lowest BCUT2D eigenvalue weighted by Gasteiger charge is -2.13. The third-order valence-corrected chi connectivity index (χ3v) is 5.63. The zero-order valence-corrected chi connectivity index (χ0v) is 18.9. The lowest BCUT2D eigenvalue weighted by atomic mass is 10.2. The number of benzene rings is 1. The Morgan fingerprint density at radius 2 is 1.87 bits per heavy atom. The van der Waals surface area contributed by atoms with Gasteiger partial charge in [-0.2, -0.15) is 18.3 Å². The van der Waals surface area contributed by atoms with Gasteiger partial charge in [-0.3, -0.25) is 4.68 Å². The van der Waals surface area contributed by atoms with E-state index in [1.807, 2.05) is 0 Å². The second-order valence-electron chi connectivity index (χ2n) is 6.88. The number of ether oxygens (including phenoxy) is 2. The second-order valence-corrected chi connectivity index (χ2v) is 8.08. The van der Waals surface area contributed by atoms with Crippen molar-refractivity contribution < 1.29 is 22.6 Å². The molecule has 2 aromatic rings. The van der Waals surface area contributed by atoms with Gasteiger partial charge >= 0.3 is 6.18 Å². The summed E-state index contributed by atoms with van der Waals surface area (Å²) in [4.78, 5) is 0. The molecule has 0 atom stereocenters. The first-order valence-corrected chi connectivity index (χ1v) is 10.5. The van der Waals surface area contributed by atoms with E-state index in [-0.39, 0.29) is 10.4 Å². The number of rotatable bonds is 8. The Bertz CT molecular complexity index is 894. The highest BCUT2D eigenvalue weighted by molar-refractivity contribution is 9.10. The van der Waals surface area contributed by atoms with Gasteiger partial charge < -0.3 is 20.1 Å². The summed E-state index contributed by atoms with van der Waals surface area (Å²) in [6, 6.07) is 5.30. The van der Waals surface area contributed by atoms with E-state index in [0.717, 1.165) is 12.8 Å². The largest absolute Gasteiger partial charge is 0.497 e. The molecule has 1 fully saturated rings. The molecule has 1 aliphatic carbocycles. The molecule has 1 saturated carbocycles. The number of methoxy groups -OCH3 is 2. The predicted octanol–water partition coefficient (Wildman–Crippen LogP) is 4.94. The number of nitrogens with zero attached hydrogens (tertiary/aromatic N) is 2. The van der Waals surface area contributed by atoms with Crippen molar-refractivity contribution in [2.45, 2.75) is 37.9 Å². The standard InChI is InChI=1S/C19H22BrF3N4O2S/c1-28-13-8-12(9-14(10-13)29-2)25-18(30)24-6-3-7-27-16(11-4-5-11)15(20)17(26-27)19(21,22)23/h8-11H,3-7H2,1-2H3,(H2,24,25,30). The number of anilines is 1. The van der Waals surface area contributed by atoms with Gasteiger partial charge in [0.25, 0.3) is 0 Å². The number of aryl methyl sites for hydroxylation is 1. The highest BCUT2D eigenvalue weighted by Crippen LogP contribution is 2.47. The summed E-state index contributed by atoms with van der Waals surface area (Å²) in [5.41, 5.74) is 0.471. The molecule has 6 nitrogen and oxygen atoms in total. The Morgan fingerprint density at radius 1 is 1.23 bits per heavy atom. The van der Waals surface area contributed by atoms with Gasteiger partial charge in [0.1, 0.15) is 11.5 Å². The molecule has 0 radical (unpaired) electrons. The molecule has 0 bridgehead atoms. The second kappa shape index (κ2) is 9.42. The van der Waals surface area contributed by atoms with Crippen LogP contribution in [0.15, 0.2) is 22.7 Å². The molecule has 3 rings (SSSR count). The molecule has 0 unspecified atom stereocenters. The first-order chi connectivity index (χ1) is 14.2. The Hall–Kier alpha value is -2.01. The van der Waals surface area contributed by atoms with Crippen molar-refractivity contribution in [3.8, 4) is 11.5 Å². The van der Waals surface area contributed by atoms with E-state index < -0.39 is 11.9 Å². The van der Waals surface area contributed by atoms with E-state index in [9.17, 15) is 13.2 Å². The number of alkyl halides is 3. The highest BCUT2D eigenvalue weighted by atomic mass is 79.9. The minimum Gasteiger partial charge on any atom is -0.497 e. The van der Waals surface area contributed by atoms with Gasteiger partial charge in [-0.15, -0.1) is 0 Å². The van der Waals surface area contributed by atoms with E-state index in [4.69, 9.17) is 21.7 Å². The van der Waals surface area contributed by atoms with Gasteiger partial charge in [0.15, 0.2) is 10.8 Å². The van der Waals surface area contributed by atoms with Gasteiger partial charge in [0.05, 0.1) is 24.4 Å². The number of nitrogens with one attached hydrogen (secondary N) is 2. The Balaban J connectivity index is 1.55. The molecule has 0 spiro atoms. The zero-order valence-electron chi connectivity index (χ0n) is 16.5. The van der Waals surface area contributed by atoms with Crippen molar-refractivity contribution >= 4 is 38.9 Å². The van der Waals surface area contributed by atoms with Crippen molar-refractivity contribution in [2.75, 3.05) is 26.1 Å². The summed E-state index contributed by atoms with van der Waals surface area (Å²) in [6.45, 7) is 0.846. The molecule has 1 aromatic carbocycles. The SMILES string of the molecule is COc1cc(NC(=S)NCCCn2nc(C(F)(F)F)c(Br)c2C2CC2)cc(OC)c1. The maximum atomic E-state index is 13.2. The lowest BCUT2D eigenvalue weighted by molar-refractivity contribution is -0.142. The van der Waals surface area contributed by atoms with Crippen molar-refractivity contribution in [2.24, 2.45) is 0 Å². The normalized spacial score (nSPS) is 13.8. The van der Waals surface area contributed by atoms with Crippen LogP contribution < -0.4 is 20.1 Å². The van der Waals surface area contributed by atoms with Crippen LogP contribution in [-0.4, -0.2) is 35.7 Å². The molecule has 11 heteroatoms. The predicted molar refractivity (Wildman–Crippen MR) is 115 cm³/mol. The zero-order chi connectivity index (χ0) is 21.9. The van der Waals surface area contributed by atoms with E-state index >= 15 is 0 Å². The molecule has 30 heavy (non-hydrogen) atoms. The molecule has 2 N–H and O–H groups in total. The molecule has 164 valence electrons. The number of thiocarbonyl (C=S) groups is 1. The average Bonchev–Trinajstić information content (AvgIpc) is 3.46. The van der Waals surface area contributed by atoms with Crippen LogP contribution in [0.25, 0.3) is 0 Å². The number of hydrogen-bond acceptors (Lipinski definition) is 4. The maximum Gasteiger partial charge on any atom is 0.436 e. The van der Waals surface area contributed by atoms with Gasteiger partial charge in [-0.25, -0.2) is 0 Å². The molecular weight excluding hydrogens is 485 g/mol. The summed E-state index contributed by atoms with van der Waals surface area (Å²) in [5.74, 6) is 1.38. The van der Waals surface area contributed by atoms with Gasteiger partial charge in [-0.1, -0.05) is 0 Å². The summed E-state index contributed by atoms with van der Waals surface area (Å²) in [7, 11) is 3.12. The topological polar surface area (TPSA) is 60.3 Å². The summed E-state index contributed by atoms with van der Waals surface area (Å²) >= 11 is 8.39. The third-order valence-electron chi connectivity index (χ3n) is 4.61. The van der Waals surface area contributed by atoms with Crippen molar-refractivity contribution in [1.29, 1.82) is 0 Å². The molecule has 0 aliphatic heterocycles. The van der Waals surface area contributed by atoms with Crippen molar-refractivity contribution in [3.63, 3.8) is 0 Å². The molecule has 0 amide bonds. The van der Waals surface area contributed by atoms with Crippen LogP contribution in [0, 0.1) is 0 Å². The number of halogens is 4. The molecule has 0 saturated heterocycles. The fraction of sp³-hybridized carbons (Fsp3) is 0.474. The van der Waals surface area contributed by atoms with Crippen LogP contribution in [-0.2, 0) is 12.7 Å². The van der Waals surface area contributed by atoms with Crippen LogP contribution >= 0.6 is 28.1 Å². The lowest BCUT2D eigenvalue weighted by Crippen LogP contribution is -2.30. The smallest absolute Gasteiger partial charge is 0.436 e. The van der Waals surface area contributed by atoms with E-state index in [1.165, 1.54) is 4.68 Å². The van der Waals surface area contributed by atoms with Crippen LogP contribution in [0.4, 0.5) is 18.9 Å². The maximum absolute atomic E-state index is 13.2. The quantitative estimate of drug-likeness (QED) is 0.390. The first kappa shape index (κ1) is 22.7. The van der Waals surface area contributed by atoms with Crippen LogP contribution in [0.3, 0.4) is 0 Å². The van der Waals surface area contributed by atoms with E-state index in [0.29, 0.717) is 47.5 Å². The fourth-order valence-electron chi connectivity index (χ4n) is 3.04. The minimum absolute atomic E-state index is 0.0645. The number of hydrogen-bond donors (Lipinski definition) is 2. The molecule has 1 heterocycles. The summed E-state index contributed by atoms with van der Waals surface area (Å²) in [5, 5.41) is 10.3. The van der Waals surface area contributed by atoms with E-state index in [1.54, 1.807) is 32.4 Å². The molecule has 1 aliphatic rings. The fourth-order valence-corrected chi connectivity index (χ4v) is 4.09. The Kier molecular flexibility index (Phi) is 7.12. The van der Waals surface area contributed by atoms with Gasteiger partial charge in [0.2, 0.25) is 0 Å². The Labute approximate surface area is 186 Å². The van der Waals surface area contributed by atoms with Crippen LogP contribution in [0.1, 0.15) is 36.6 Å². The summed E-state index contributed by atoms with van der Waals surface area (Å²) in [6.07, 6.45) is -2.14. The van der Waals surface area contributed by atoms with Crippen LogP contribution in [0.5, 0.6) is 11.5 Å².